The van der Waals surface area contributed by atoms with Crippen LogP contribution in [0.2, 0.25) is 0 Å². The smallest absolute Gasteiger partial charge is 0.324 e. The van der Waals surface area contributed by atoms with Crippen LogP contribution in [0.5, 0.6) is 0 Å². The van der Waals surface area contributed by atoms with E-state index in [1.165, 1.54) is 63.4 Å². The van der Waals surface area contributed by atoms with E-state index in [1.54, 1.807) is 6.07 Å². The molecule has 154 valence electrons. The molecule has 0 aromatic heterocycles. The molecule has 0 bridgehead atoms. The molecule has 0 amide bonds. The molecule has 0 aliphatic carbocycles. The van der Waals surface area contributed by atoms with Gasteiger partial charge in [0.05, 0.1) is 6.16 Å². The van der Waals surface area contributed by atoms with Gasteiger partial charge in [0, 0.05) is 0 Å². The molecule has 0 saturated carbocycles. The molecule has 4 heteroatoms. The number of hydrogen-bond acceptors (Lipinski definition) is 1. The number of fused-ring (bicyclic) bond motifs is 1. The Balaban J connectivity index is 1.72. The predicted molar refractivity (Wildman–Crippen MR) is 121 cm³/mol. The van der Waals surface area contributed by atoms with Crippen molar-refractivity contribution in [3.63, 3.8) is 0 Å². The van der Waals surface area contributed by atoms with Crippen LogP contribution in [0.15, 0.2) is 42.5 Å². The topological polar surface area (TPSA) is 57.5 Å². The van der Waals surface area contributed by atoms with Gasteiger partial charge in [0.1, 0.15) is 0 Å². The van der Waals surface area contributed by atoms with E-state index in [9.17, 15) is 4.57 Å². The zero-order chi connectivity index (χ0) is 20.2. The van der Waals surface area contributed by atoms with Crippen molar-refractivity contribution < 1.29 is 14.4 Å². The summed E-state index contributed by atoms with van der Waals surface area (Å²) in [5, 5.41) is 2.11. The maximum absolute atomic E-state index is 11.2. The third-order valence-electron chi connectivity index (χ3n) is 5.10. The standard InChI is InChI=1S/C24H35O3P/c1-2-3-4-5-6-7-8-9-10-11-12-13-21-14-16-24-19-22(20-28(25,26)27)15-17-23(24)18-21/h12-19H,2-11,20H2,1H3,(H2,25,26,27)/b13-12+. The minimum atomic E-state index is -4.02. The quantitative estimate of drug-likeness (QED) is 0.270. The zero-order valence-corrected chi connectivity index (χ0v) is 18.0. The Morgan fingerprint density at radius 2 is 1.43 bits per heavy atom. The Morgan fingerprint density at radius 3 is 2.11 bits per heavy atom. The average molecular weight is 403 g/mol. The van der Waals surface area contributed by atoms with Crippen LogP contribution in [-0.2, 0) is 10.7 Å². The second-order valence-corrected chi connectivity index (χ2v) is 9.43. The highest BCUT2D eigenvalue weighted by Gasteiger charge is 2.13. The number of unbranched alkanes of at least 4 members (excludes halogenated alkanes) is 9. The van der Waals surface area contributed by atoms with E-state index in [0.717, 1.165) is 17.2 Å². The van der Waals surface area contributed by atoms with Crippen molar-refractivity contribution >= 4 is 24.4 Å². The monoisotopic (exact) mass is 402 g/mol. The molecule has 0 atom stereocenters. The van der Waals surface area contributed by atoms with E-state index in [2.05, 4.69) is 31.2 Å². The van der Waals surface area contributed by atoms with Gasteiger partial charge in [-0.2, -0.15) is 0 Å². The van der Waals surface area contributed by atoms with Gasteiger partial charge >= 0.3 is 7.60 Å². The van der Waals surface area contributed by atoms with Crippen molar-refractivity contribution in [3.8, 4) is 0 Å². The summed E-state index contributed by atoms with van der Waals surface area (Å²) in [6.07, 6.45) is 17.5. The molecule has 3 nitrogen and oxygen atoms in total. The summed E-state index contributed by atoms with van der Waals surface area (Å²) in [4.78, 5) is 18.2. The Hall–Kier alpha value is -1.41. The minimum Gasteiger partial charge on any atom is -0.324 e. The van der Waals surface area contributed by atoms with Crippen LogP contribution in [0, 0.1) is 0 Å². The van der Waals surface area contributed by atoms with Crippen LogP contribution >= 0.6 is 7.60 Å². The van der Waals surface area contributed by atoms with Gasteiger partial charge in [0.25, 0.3) is 0 Å². The van der Waals surface area contributed by atoms with Crippen LogP contribution in [0.4, 0.5) is 0 Å². The highest BCUT2D eigenvalue weighted by Crippen LogP contribution is 2.39. The van der Waals surface area contributed by atoms with Crippen molar-refractivity contribution in [3.05, 3.63) is 53.6 Å². The lowest BCUT2D eigenvalue weighted by molar-refractivity contribution is 0.372. The van der Waals surface area contributed by atoms with E-state index in [1.807, 2.05) is 18.2 Å². The summed E-state index contributed by atoms with van der Waals surface area (Å²) in [6, 6.07) is 11.8. The number of rotatable bonds is 13. The molecule has 0 saturated heterocycles. The maximum atomic E-state index is 11.2. The van der Waals surface area contributed by atoms with Crippen molar-refractivity contribution in [1.29, 1.82) is 0 Å². The summed E-state index contributed by atoms with van der Waals surface area (Å²) in [5.41, 5.74) is 1.85. The summed E-state index contributed by atoms with van der Waals surface area (Å²) >= 11 is 0. The first kappa shape index (κ1) is 22.9. The van der Waals surface area contributed by atoms with Crippen LogP contribution in [0.1, 0.15) is 82.3 Å². The lowest BCUT2D eigenvalue weighted by Gasteiger charge is -2.06. The number of benzene rings is 2. The number of allylic oxidation sites excluding steroid dienone is 1. The summed E-state index contributed by atoms with van der Waals surface area (Å²) in [7, 11) is -4.02. The largest absolute Gasteiger partial charge is 0.329 e. The van der Waals surface area contributed by atoms with E-state index in [4.69, 9.17) is 9.79 Å². The third kappa shape index (κ3) is 9.19. The molecular formula is C24H35O3P. The lowest BCUT2D eigenvalue weighted by Crippen LogP contribution is -1.87. The predicted octanol–water partition coefficient (Wildman–Crippen LogP) is 7.45. The van der Waals surface area contributed by atoms with Gasteiger partial charge in [-0.15, -0.1) is 0 Å². The molecule has 0 unspecified atom stereocenters. The highest BCUT2D eigenvalue weighted by atomic mass is 31.2. The van der Waals surface area contributed by atoms with E-state index in [0.29, 0.717) is 5.56 Å². The molecule has 0 aliphatic heterocycles. The van der Waals surface area contributed by atoms with Gasteiger partial charge in [-0.1, -0.05) is 101 Å². The van der Waals surface area contributed by atoms with E-state index >= 15 is 0 Å². The molecule has 0 fully saturated rings. The summed E-state index contributed by atoms with van der Waals surface area (Å²) in [6.45, 7) is 2.26. The van der Waals surface area contributed by atoms with Gasteiger partial charge < -0.3 is 9.79 Å². The van der Waals surface area contributed by atoms with Gasteiger partial charge in [0.15, 0.2) is 0 Å². The SMILES string of the molecule is CCCCCCCCCCC/C=C/c1ccc2cc(CP(=O)(O)O)ccc2c1. The second kappa shape index (κ2) is 12.2. The fourth-order valence-electron chi connectivity index (χ4n) is 3.55. The van der Waals surface area contributed by atoms with Gasteiger partial charge in [0.2, 0.25) is 0 Å². The van der Waals surface area contributed by atoms with Crippen molar-refractivity contribution in [2.45, 2.75) is 77.3 Å². The Bertz CT molecular complexity index is 792. The Morgan fingerprint density at radius 1 is 0.821 bits per heavy atom. The molecule has 28 heavy (non-hydrogen) atoms. The zero-order valence-electron chi connectivity index (χ0n) is 17.1. The minimum absolute atomic E-state index is 0.205. The van der Waals surface area contributed by atoms with Crippen molar-refractivity contribution in [1.82, 2.24) is 0 Å². The third-order valence-corrected chi connectivity index (χ3v) is 5.88. The first-order valence-corrected chi connectivity index (χ1v) is 12.5. The fraction of sp³-hybridized carbons (Fsp3) is 0.500. The van der Waals surface area contributed by atoms with Gasteiger partial charge in [-0.25, -0.2) is 0 Å². The van der Waals surface area contributed by atoms with Crippen LogP contribution in [0.25, 0.3) is 16.8 Å². The van der Waals surface area contributed by atoms with Gasteiger partial charge in [-0.05, 0) is 40.8 Å². The number of hydrogen-bond donors (Lipinski definition) is 2. The second-order valence-electron chi connectivity index (χ2n) is 7.78. The van der Waals surface area contributed by atoms with Gasteiger partial charge in [-0.3, -0.25) is 4.57 Å². The fourth-order valence-corrected chi connectivity index (χ4v) is 4.22. The van der Waals surface area contributed by atoms with E-state index < -0.39 is 7.60 Å². The Labute approximate surface area is 170 Å². The Kier molecular flexibility index (Phi) is 9.98. The first-order valence-electron chi connectivity index (χ1n) is 10.7. The lowest BCUT2D eigenvalue weighted by atomic mass is 10.0. The van der Waals surface area contributed by atoms with Crippen LogP contribution in [-0.4, -0.2) is 9.79 Å². The first-order chi connectivity index (χ1) is 13.5. The molecule has 0 aliphatic rings. The molecule has 2 aromatic carbocycles. The molecular weight excluding hydrogens is 367 g/mol. The summed E-state index contributed by atoms with van der Waals surface area (Å²) < 4.78 is 11.2. The molecule has 2 aromatic rings. The van der Waals surface area contributed by atoms with Crippen LogP contribution < -0.4 is 0 Å². The molecule has 0 radical (unpaired) electrons. The van der Waals surface area contributed by atoms with Crippen molar-refractivity contribution in [2.75, 3.05) is 0 Å². The molecule has 0 spiro atoms. The van der Waals surface area contributed by atoms with Crippen LogP contribution in [0.3, 0.4) is 0 Å². The highest BCUT2D eigenvalue weighted by molar-refractivity contribution is 7.50. The van der Waals surface area contributed by atoms with E-state index in [-0.39, 0.29) is 6.16 Å². The molecule has 0 heterocycles. The molecule has 2 rings (SSSR count). The maximum Gasteiger partial charge on any atom is 0.329 e. The van der Waals surface area contributed by atoms with Crippen molar-refractivity contribution in [2.24, 2.45) is 0 Å². The summed E-state index contributed by atoms with van der Waals surface area (Å²) in [5.74, 6) is 0. The normalized spacial score (nSPS) is 12.2. The average Bonchev–Trinajstić information content (AvgIpc) is 2.65. The molecule has 2 N–H and O–H groups in total.